The molecule has 1 saturated carbocycles. The first kappa shape index (κ1) is 17.5. The summed E-state index contributed by atoms with van der Waals surface area (Å²) in [5.41, 5.74) is 3.25. The molecule has 2 aliphatic heterocycles. The first-order valence-corrected chi connectivity index (χ1v) is 10.6. The molecule has 144 valence electrons. The zero-order chi connectivity index (χ0) is 18.9. The van der Waals surface area contributed by atoms with Crippen molar-refractivity contribution in [3.8, 4) is 0 Å². The first-order chi connectivity index (χ1) is 13.8. The molecule has 2 aromatic carbocycles. The van der Waals surface area contributed by atoms with E-state index in [1.165, 1.54) is 30.4 Å². The predicted molar refractivity (Wildman–Crippen MR) is 111 cm³/mol. The molecule has 0 N–H and O–H groups in total. The highest BCUT2D eigenvalue weighted by Gasteiger charge is 2.50. The van der Waals surface area contributed by atoms with Crippen LogP contribution in [0.15, 0.2) is 65.8 Å². The van der Waals surface area contributed by atoms with Crippen molar-refractivity contribution in [3.63, 3.8) is 0 Å². The minimum Gasteiger partial charge on any atom is -0.334 e. The minimum atomic E-state index is 0.133. The minimum absolute atomic E-state index is 0.133. The van der Waals surface area contributed by atoms with Crippen molar-refractivity contribution < 1.29 is 4.79 Å². The molecule has 1 saturated heterocycles. The maximum absolute atomic E-state index is 13.2. The second-order valence-corrected chi connectivity index (χ2v) is 8.28. The molecular formula is C24H27N3O. The van der Waals surface area contributed by atoms with E-state index >= 15 is 0 Å². The molecule has 2 fully saturated rings. The Labute approximate surface area is 166 Å². The fraction of sp³-hybridized carbons (Fsp3) is 0.417. The van der Waals surface area contributed by atoms with Crippen molar-refractivity contribution in [2.75, 3.05) is 6.54 Å². The van der Waals surface area contributed by atoms with Gasteiger partial charge in [-0.25, -0.2) is 0 Å². The van der Waals surface area contributed by atoms with Gasteiger partial charge >= 0.3 is 0 Å². The number of likely N-dealkylation sites (tertiary alicyclic amines) is 1. The summed E-state index contributed by atoms with van der Waals surface area (Å²) in [6, 6.07) is 21.5. The van der Waals surface area contributed by atoms with Crippen LogP contribution in [0.4, 0.5) is 0 Å². The summed E-state index contributed by atoms with van der Waals surface area (Å²) in [6.45, 7) is 1.55. The van der Waals surface area contributed by atoms with Gasteiger partial charge in [0, 0.05) is 12.6 Å². The van der Waals surface area contributed by atoms with Crippen LogP contribution in [0, 0.1) is 5.92 Å². The number of benzene rings is 2. The summed E-state index contributed by atoms with van der Waals surface area (Å²) >= 11 is 0. The topological polar surface area (TPSA) is 35.9 Å². The molecule has 0 spiro atoms. The highest BCUT2D eigenvalue weighted by atomic mass is 16.2. The van der Waals surface area contributed by atoms with Crippen LogP contribution in [0.25, 0.3) is 0 Å². The van der Waals surface area contributed by atoms with Crippen LogP contribution in [0.1, 0.15) is 49.3 Å². The van der Waals surface area contributed by atoms with E-state index in [4.69, 9.17) is 5.10 Å². The van der Waals surface area contributed by atoms with Crippen LogP contribution in [0.5, 0.6) is 0 Å². The molecular weight excluding hydrogens is 346 g/mol. The average molecular weight is 374 g/mol. The van der Waals surface area contributed by atoms with Crippen LogP contribution in [-0.2, 0) is 11.3 Å². The number of fused-ring (bicyclic) bond motifs is 1. The van der Waals surface area contributed by atoms with E-state index in [1.54, 1.807) is 0 Å². The van der Waals surface area contributed by atoms with Crippen LogP contribution in [0.3, 0.4) is 0 Å². The average Bonchev–Trinajstić information content (AvgIpc) is 3.26. The lowest BCUT2D eigenvalue weighted by atomic mass is 9.91. The van der Waals surface area contributed by atoms with Gasteiger partial charge in [0.1, 0.15) is 5.71 Å². The Hall–Kier alpha value is -2.62. The van der Waals surface area contributed by atoms with E-state index < -0.39 is 0 Å². The van der Waals surface area contributed by atoms with Gasteiger partial charge in [-0.3, -0.25) is 9.80 Å². The molecule has 2 aromatic rings. The fourth-order valence-corrected chi connectivity index (χ4v) is 5.13. The van der Waals surface area contributed by atoms with Crippen LogP contribution in [0.2, 0.25) is 0 Å². The normalized spacial score (nSPS) is 25.1. The van der Waals surface area contributed by atoms with Crippen molar-refractivity contribution in [1.82, 2.24) is 9.91 Å². The van der Waals surface area contributed by atoms with Gasteiger partial charge < -0.3 is 4.90 Å². The molecule has 2 heterocycles. The number of carbonyl (C=O) groups excluding carboxylic acids is 1. The number of nitrogens with zero attached hydrogens (tertiary/aromatic N) is 3. The smallest absolute Gasteiger partial charge is 0.270 e. The summed E-state index contributed by atoms with van der Waals surface area (Å²) in [5, 5.41) is 7.03. The van der Waals surface area contributed by atoms with Crippen molar-refractivity contribution in [2.24, 2.45) is 11.0 Å². The zero-order valence-electron chi connectivity index (χ0n) is 16.2. The molecule has 2 atom stereocenters. The van der Waals surface area contributed by atoms with Gasteiger partial charge in [0.25, 0.3) is 5.91 Å². The van der Waals surface area contributed by atoms with Crippen molar-refractivity contribution in [2.45, 2.75) is 50.7 Å². The Bertz CT molecular complexity index is 858. The molecule has 0 bridgehead atoms. The van der Waals surface area contributed by atoms with E-state index in [1.807, 2.05) is 6.07 Å². The van der Waals surface area contributed by atoms with Gasteiger partial charge in [-0.2, -0.15) is 5.10 Å². The Morgan fingerprint density at radius 2 is 1.57 bits per heavy atom. The van der Waals surface area contributed by atoms with Crippen molar-refractivity contribution >= 4 is 11.6 Å². The lowest BCUT2D eigenvalue weighted by Gasteiger charge is -2.33. The highest BCUT2D eigenvalue weighted by molar-refractivity contribution is 6.42. The molecule has 4 heteroatoms. The van der Waals surface area contributed by atoms with E-state index in [2.05, 4.69) is 64.5 Å². The molecule has 3 aliphatic rings. The Morgan fingerprint density at radius 3 is 2.29 bits per heavy atom. The maximum atomic E-state index is 13.2. The van der Waals surface area contributed by atoms with Crippen LogP contribution in [-0.4, -0.2) is 34.1 Å². The van der Waals surface area contributed by atoms with Gasteiger partial charge in [-0.15, -0.1) is 0 Å². The molecule has 5 rings (SSSR count). The second kappa shape index (κ2) is 7.42. The number of carbonyl (C=O) groups is 1. The second-order valence-electron chi connectivity index (χ2n) is 8.28. The van der Waals surface area contributed by atoms with E-state index in [0.717, 1.165) is 31.6 Å². The quantitative estimate of drug-likeness (QED) is 0.797. The monoisotopic (exact) mass is 373 g/mol. The largest absolute Gasteiger partial charge is 0.334 e. The Kier molecular flexibility index (Phi) is 4.63. The van der Waals surface area contributed by atoms with E-state index in [0.29, 0.717) is 6.04 Å². The molecule has 4 nitrogen and oxygen atoms in total. The lowest BCUT2D eigenvalue weighted by Crippen LogP contribution is -2.40. The molecule has 1 amide bonds. The van der Waals surface area contributed by atoms with Gasteiger partial charge in [0.2, 0.25) is 0 Å². The predicted octanol–water partition coefficient (Wildman–Crippen LogP) is 4.39. The molecule has 0 aromatic heterocycles. The third-order valence-electron chi connectivity index (χ3n) is 6.51. The first-order valence-electron chi connectivity index (χ1n) is 10.6. The van der Waals surface area contributed by atoms with Gasteiger partial charge in [0.05, 0.1) is 18.5 Å². The van der Waals surface area contributed by atoms with Crippen molar-refractivity contribution in [3.05, 3.63) is 71.8 Å². The molecule has 0 radical (unpaired) electrons. The van der Waals surface area contributed by atoms with Gasteiger partial charge in [-0.1, -0.05) is 79.9 Å². The number of hydrogen-bond donors (Lipinski definition) is 0. The standard InChI is InChI=1S/C24H27N3O/c28-24-22-21(17-26(24)20-14-8-3-9-15-20)23(19-12-6-2-7-13-19)27(25-22)16-18-10-4-1-5-11-18/h1-2,4-7,10-13,20-21,23H,3,8-9,14-17H2/t21-,23+/m1/s1. The summed E-state index contributed by atoms with van der Waals surface area (Å²) in [5.74, 6) is 0.342. The summed E-state index contributed by atoms with van der Waals surface area (Å²) < 4.78 is 0. The van der Waals surface area contributed by atoms with E-state index in [9.17, 15) is 4.79 Å². The Morgan fingerprint density at radius 1 is 0.893 bits per heavy atom. The molecule has 1 aliphatic carbocycles. The number of rotatable bonds is 4. The summed E-state index contributed by atoms with van der Waals surface area (Å²) in [6.07, 6.45) is 6.09. The fourth-order valence-electron chi connectivity index (χ4n) is 5.13. The number of amides is 1. The highest BCUT2D eigenvalue weighted by Crippen LogP contribution is 2.42. The van der Waals surface area contributed by atoms with Gasteiger partial charge in [-0.05, 0) is 24.0 Å². The summed E-state index contributed by atoms with van der Waals surface area (Å²) in [4.78, 5) is 15.4. The van der Waals surface area contributed by atoms with Gasteiger partial charge in [0.15, 0.2) is 0 Å². The third-order valence-corrected chi connectivity index (χ3v) is 6.51. The van der Waals surface area contributed by atoms with Crippen LogP contribution < -0.4 is 0 Å². The Balaban J connectivity index is 1.46. The third kappa shape index (κ3) is 3.11. The zero-order valence-corrected chi connectivity index (χ0v) is 16.2. The lowest BCUT2D eigenvalue weighted by molar-refractivity contribution is -0.125. The SMILES string of the molecule is O=C1C2=NN(Cc3ccccc3)[C@@H](c3ccccc3)[C@@H]2CN1C1CCCCC1. The number of hydrogen-bond acceptors (Lipinski definition) is 3. The van der Waals surface area contributed by atoms with Crippen molar-refractivity contribution in [1.29, 1.82) is 0 Å². The number of hydrazone groups is 1. The van der Waals surface area contributed by atoms with Crippen LogP contribution >= 0.6 is 0 Å². The summed E-state index contributed by atoms with van der Waals surface area (Å²) in [7, 11) is 0. The van der Waals surface area contributed by atoms with E-state index in [-0.39, 0.29) is 17.9 Å². The molecule has 0 unspecified atom stereocenters. The maximum Gasteiger partial charge on any atom is 0.270 e. The molecule has 28 heavy (non-hydrogen) atoms.